The Hall–Kier alpha value is -3.47. The summed E-state index contributed by atoms with van der Waals surface area (Å²) in [7, 11) is 0. The number of carbonyl (C=O) groups excluding carboxylic acids is 2. The zero-order valence-corrected chi connectivity index (χ0v) is 20.1. The normalized spacial score (nSPS) is 11.1. The Kier molecular flexibility index (Phi) is 12.7. The van der Waals surface area contributed by atoms with Crippen molar-refractivity contribution in [2.24, 2.45) is 0 Å². The zero-order valence-electron chi connectivity index (χ0n) is 20.1. The summed E-state index contributed by atoms with van der Waals surface area (Å²) in [4.78, 5) is 40.0. The van der Waals surface area contributed by atoms with E-state index in [4.69, 9.17) is 0 Å². The fourth-order valence-corrected chi connectivity index (χ4v) is 3.67. The van der Waals surface area contributed by atoms with E-state index in [0.717, 1.165) is 12.2 Å². The van der Waals surface area contributed by atoms with E-state index in [-0.39, 0.29) is 54.2 Å². The number of halogens is 1. The SMILES string of the molecule is O=C(O)CC(NC(=O)CNC(=O)CCCCNc1ccccn1)c1ccc(-c2ccc(F)cc2)c(O)c1.[NaH]. The molecule has 3 rings (SSSR count). The number of anilines is 1. The predicted octanol–water partition coefficient (Wildman–Crippen LogP) is 2.98. The first-order valence-corrected chi connectivity index (χ1v) is 11.8. The first-order chi connectivity index (χ1) is 17.8. The molecule has 0 aliphatic rings. The maximum absolute atomic E-state index is 13.2. The molecule has 1 atom stereocenters. The summed E-state index contributed by atoms with van der Waals surface area (Å²) >= 11 is 0. The van der Waals surface area contributed by atoms with E-state index in [1.807, 2.05) is 18.2 Å². The van der Waals surface area contributed by atoms with Crippen LogP contribution in [0.1, 0.15) is 37.3 Å². The van der Waals surface area contributed by atoms with Crippen LogP contribution in [-0.4, -0.2) is 75.6 Å². The Labute approximate surface area is 242 Å². The fourth-order valence-electron chi connectivity index (χ4n) is 3.67. The van der Waals surface area contributed by atoms with Crippen LogP contribution in [0.2, 0.25) is 0 Å². The number of nitrogens with one attached hydrogen (secondary N) is 3. The Morgan fingerprint density at radius 3 is 2.39 bits per heavy atom. The van der Waals surface area contributed by atoms with Crippen LogP contribution in [0, 0.1) is 5.82 Å². The average Bonchev–Trinajstić information content (AvgIpc) is 2.88. The molecule has 3 aromatic rings. The molecular weight excluding hydrogens is 502 g/mol. The second-order valence-electron chi connectivity index (χ2n) is 8.38. The van der Waals surface area contributed by atoms with E-state index >= 15 is 0 Å². The van der Waals surface area contributed by atoms with Crippen molar-refractivity contribution in [3.05, 3.63) is 78.2 Å². The fraction of sp³-hybridized carbons (Fsp3) is 0.259. The van der Waals surface area contributed by atoms with E-state index < -0.39 is 30.2 Å². The number of hydrogen-bond acceptors (Lipinski definition) is 6. The number of benzene rings is 2. The molecule has 1 aromatic heterocycles. The summed E-state index contributed by atoms with van der Waals surface area (Å²) in [5, 5.41) is 28.0. The van der Waals surface area contributed by atoms with E-state index in [1.54, 1.807) is 18.3 Å². The van der Waals surface area contributed by atoms with Crippen LogP contribution in [-0.2, 0) is 14.4 Å². The zero-order chi connectivity index (χ0) is 26.6. The number of carboxylic acids is 1. The predicted molar refractivity (Wildman–Crippen MR) is 143 cm³/mol. The van der Waals surface area contributed by atoms with Gasteiger partial charge in [0.15, 0.2) is 0 Å². The van der Waals surface area contributed by atoms with Crippen molar-refractivity contribution in [3.8, 4) is 16.9 Å². The molecule has 5 N–H and O–H groups in total. The van der Waals surface area contributed by atoms with Crippen LogP contribution in [0.3, 0.4) is 0 Å². The quantitative estimate of drug-likeness (QED) is 0.168. The van der Waals surface area contributed by atoms with Crippen LogP contribution in [0.25, 0.3) is 11.1 Å². The number of phenols is 1. The number of rotatable bonds is 13. The molecule has 0 saturated heterocycles. The third-order valence-corrected chi connectivity index (χ3v) is 5.54. The summed E-state index contributed by atoms with van der Waals surface area (Å²) in [5.41, 5.74) is 1.40. The van der Waals surface area contributed by atoms with Gasteiger partial charge in [-0.15, -0.1) is 0 Å². The molecule has 0 fully saturated rings. The summed E-state index contributed by atoms with van der Waals surface area (Å²) in [6, 6.07) is 14.7. The van der Waals surface area contributed by atoms with Gasteiger partial charge in [-0.25, -0.2) is 9.37 Å². The molecule has 9 nitrogen and oxygen atoms in total. The second-order valence-corrected chi connectivity index (χ2v) is 8.38. The Balaban J connectivity index is 0.00000507. The summed E-state index contributed by atoms with van der Waals surface area (Å²) in [6.07, 6.45) is 2.88. The molecule has 0 spiro atoms. The molecule has 0 aliphatic carbocycles. The first kappa shape index (κ1) is 30.8. The van der Waals surface area contributed by atoms with Gasteiger partial charge in [-0.05, 0) is 54.3 Å². The van der Waals surface area contributed by atoms with E-state index in [2.05, 4.69) is 20.9 Å². The van der Waals surface area contributed by atoms with Gasteiger partial charge in [-0.2, -0.15) is 0 Å². The van der Waals surface area contributed by atoms with Crippen molar-refractivity contribution in [3.63, 3.8) is 0 Å². The minimum absolute atomic E-state index is 0. The van der Waals surface area contributed by atoms with Crippen molar-refractivity contribution in [1.82, 2.24) is 15.6 Å². The van der Waals surface area contributed by atoms with Gasteiger partial charge in [-0.1, -0.05) is 30.3 Å². The molecular formula is C27H30FN4NaO5. The number of carboxylic acid groups (broad SMARTS) is 1. The van der Waals surface area contributed by atoms with Gasteiger partial charge in [0, 0.05) is 24.7 Å². The van der Waals surface area contributed by atoms with Crippen LogP contribution in [0.15, 0.2) is 66.9 Å². The molecule has 196 valence electrons. The molecule has 0 radical (unpaired) electrons. The van der Waals surface area contributed by atoms with Crippen molar-refractivity contribution >= 4 is 53.2 Å². The molecule has 2 amide bonds. The van der Waals surface area contributed by atoms with Gasteiger partial charge >= 0.3 is 35.5 Å². The number of hydrogen-bond donors (Lipinski definition) is 5. The molecule has 0 saturated carbocycles. The molecule has 0 aliphatic heterocycles. The third-order valence-electron chi connectivity index (χ3n) is 5.54. The van der Waals surface area contributed by atoms with E-state index in [0.29, 0.717) is 29.7 Å². The van der Waals surface area contributed by atoms with E-state index in [9.17, 15) is 29.0 Å². The van der Waals surface area contributed by atoms with Crippen molar-refractivity contribution in [2.75, 3.05) is 18.4 Å². The summed E-state index contributed by atoms with van der Waals surface area (Å²) in [6.45, 7) is 0.356. The number of aromatic hydroxyl groups is 1. The molecule has 11 heteroatoms. The monoisotopic (exact) mass is 532 g/mol. The Bertz CT molecular complexity index is 1210. The first-order valence-electron chi connectivity index (χ1n) is 11.8. The minimum atomic E-state index is -1.14. The molecule has 1 heterocycles. The van der Waals surface area contributed by atoms with Crippen molar-refractivity contribution in [1.29, 1.82) is 0 Å². The van der Waals surface area contributed by atoms with Gasteiger partial charge in [0.1, 0.15) is 17.4 Å². The van der Waals surface area contributed by atoms with Gasteiger partial charge in [0.2, 0.25) is 11.8 Å². The number of aliphatic carboxylic acids is 1. The van der Waals surface area contributed by atoms with E-state index in [1.165, 1.54) is 30.3 Å². The van der Waals surface area contributed by atoms with Crippen LogP contribution < -0.4 is 16.0 Å². The number of pyridine rings is 1. The number of aromatic nitrogens is 1. The number of nitrogens with zero attached hydrogens (tertiary/aromatic N) is 1. The van der Waals surface area contributed by atoms with Gasteiger partial charge in [0.05, 0.1) is 19.0 Å². The summed E-state index contributed by atoms with van der Waals surface area (Å²) < 4.78 is 13.2. The maximum atomic E-state index is 13.2. The van der Waals surface area contributed by atoms with Gasteiger partial charge < -0.3 is 26.2 Å². The second kappa shape index (κ2) is 15.7. The summed E-state index contributed by atoms with van der Waals surface area (Å²) in [5.74, 6) is -1.77. The molecule has 38 heavy (non-hydrogen) atoms. The standard InChI is InChI=1S/C27H29FN4O5.Na.H/c28-20-10-7-18(8-11-20)21-12-9-19(15-23(21)33)22(16-27(36)37)32-26(35)17-31-25(34)6-2-4-14-30-24-5-1-3-13-29-24;;/h1,3,5,7-13,15,22,33H,2,4,6,14,16-17H2,(H,29,30)(H,31,34)(H,32,35)(H,36,37);;. The van der Waals surface area contributed by atoms with Crippen molar-refractivity contribution in [2.45, 2.75) is 31.7 Å². The molecule has 0 bridgehead atoms. The van der Waals surface area contributed by atoms with Gasteiger partial charge in [0.25, 0.3) is 0 Å². The molecule has 2 aromatic carbocycles. The third kappa shape index (κ3) is 10.1. The molecule has 1 unspecified atom stereocenters. The average molecular weight is 533 g/mol. The Morgan fingerprint density at radius 1 is 0.974 bits per heavy atom. The number of unbranched alkanes of at least 4 members (excludes halogenated alkanes) is 1. The van der Waals surface area contributed by atoms with Crippen molar-refractivity contribution < 1.29 is 29.0 Å². The van der Waals surface area contributed by atoms with Gasteiger partial charge in [-0.3, -0.25) is 14.4 Å². The number of phenolic OH excluding ortho intramolecular Hbond substituents is 1. The Morgan fingerprint density at radius 2 is 1.74 bits per heavy atom. The number of amides is 2. The van der Waals surface area contributed by atoms with Crippen LogP contribution in [0.5, 0.6) is 5.75 Å². The van der Waals surface area contributed by atoms with Crippen LogP contribution >= 0.6 is 0 Å². The van der Waals surface area contributed by atoms with Crippen LogP contribution in [0.4, 0.5) is 10.2 Å². The topological polar surface area (TPSA) is 141 Å². The number of carbonyl (C=O) groups is 3.